The number of rotatable bonds is 5. The van der Waals surface area contributed by atoms with Crippen molar-refractivity contribution in [3.05, 3.63) is 29.8 Å². The number of aromatic nitrogens is 4. The van der Waals surface area contributed by atoms with Gasteiger partial charge in [-0.25, -0.2) is 9.67 Å². The van der Waals surface area contributed by atoms with Crippen molar-refractivity contribution in [2.45, 2.75) is 33.1 Å². The maximum atomic E-state index is 4.68. The Bertz CT molecular complexity index is 600. The van der Waals surface area contributed by atoms with Crippen molar-refractivity contribution in [2.75, 3.05) is 18.5 Å². The molecule has 3 rings (SSSR count). The van der Waals surface area contributed by atoms with Crippen LogP contribution in [0.15, 0.2) is 18.5 Å². The zero-order valence-corrected chi connectivity index (χ0v) is 12.4. The van der Waals surface area contributed by atoms with Crippen LogP contribution in [0.2, 0.25) is 0 Å². The predicted octanol–water partition coefficient (Wildman–Crippen LogP) is 2.52. The Morgan fingerprint density at radius 2 is 2.10 bits per heavy atom. The standard InChI is InChI=1S/C15H21N5/c1-11-8-12(2)20(18-11)15-10-16-9-14(17-15)19(3)7-6-13-4-5-13/h8-10,13H,4-7H2,1-3H3. The summed E-state index contributed by atoms with van der Waals surface area (Å²) >= 11 is 0. The molecule has 0 spiro atoms. The summed E-state index contributed by atoms with van der Waals surface area (Å²) in [5, 5.41) is 4.46. The number of hydrogen-bond donors (Lipinski definition) is 0. The third kappa shape index (κ3) is 2.81. The van der Waals surface area contributed by atoms with E-state index in [0.29, 0.717) is 0 Å². The molecule has 0 aromatic carbocycles. The summed E-state index contributed by atoms with van der Waals surface area (Å²) in [5.41, 5.74) is 2.08. The maximum absolute atomic E-state index is 4.68. The van der Waals surface area contributed by atoms with Gasteiger partial charge in [-0.2, -0.15) is 5.10 Å². The van der Waals surface area contributed by atoms with Crippen LogP contribution in [0.25, 0.3) is 5.82 Å². The Hall–Kier alpha value is -1.91. The van der Waals surface area contributed by atoms with Gasteiger partial charge in [0, 0.05) is 19.3 Å². The number of hydrogen-bond acceptors (Lipinski definition) is 4. The van der Waals surface area contributed by atoms with Gasteiger partial charge in [0.05, 0.1) is 18.1 Å². The minimum absolute atomic E-state index is 0.784. The van der Waals surface area contributed by atoms with Gasteiger partial charge in [-0.3, -0.25) is 4.98 Å². The highest BCUT2D eigenvalue weighted by Gasteiger charge is 2.21. The van der Waals surface area contributed by atoms with Crippen molar-refractivity contribution in [1.82, 2.24) is 19.7 Å². The molecule has 0 N–H and O–H groups in total. The average molecular weight is 271 g/mol. The van der Waals surface area contributed by atoms with Crippen molar-refractivity contribution >= 4 is 5.82 Å². The van der Waals surface area contributed by atoms with E-state index in [-0.39, 0.29) is 0 Å². The summed E-state index contributed by atoms with van der Waals surface area (Å²) in [5.74, 6) is 2.63. The van der Waals surface area contributed by atoms with E-state index < -0.39 is 0 Å². The van der Waals surface area contributed by atoms with Gasteiger partial charge in [0.2, 0.25) is 0 Å². The fourth-order valence-electron chi connectivity index (χ4n) is 2.39. The molecule has 1 aliphatic carbocycles. The van der Waals surface area contributed by atoms with Gasteiger partial charge in [0.1, 0.15) is 5.82 Å². The largest absolute Gasteiger partial charge is 0.358 e. The molecule has 5 nitrogen and oxygen atoms in total. The minimum Gasteiger partial charge on any atom is -0.358 e. The molecule has 0 atom stereocenters. The number of anilines is 1. The van der Waals surface area contributed by atoms with Crippen LogP contribution in [-0.4, -0.2) is 33.3 Å². The van der Waals surface area contributed by atoms with Crippen molar-refractivity contribution in [3.63, 3.8) is 0 Å². The maximum Gasteiger partial charge on any atom is 0.174 e. The summed E-state index contributed by atoms with van der Waals surface area (Å²) in [4.78, 5) is 11.2. The van der Waals surface area contributed by atoms with E-state index in [0.717, 1.165) is 35.5 Å². The van der Waals surface area contributed by atoms with E-state index in [4.69, 9.17) is 0 Å². The minimum atomic E-state index is 0.784. The molecule has 2 aromatic rings. The smallest absolute Gasteiger partial charge is 0.174 e. The second-order valence-electron chi connectivity index (χ2n) is 5.73. The second-order valence-corrected chi connectivity index (χ2v) is 5.73. The predicted molar refractivity (Wildman–Crippen MR) is 79.2 cm³/mol. The molecule has 1 aliphatic rings. The summed E-state index contributed by atoms with van der Waals surface area (Å²) in [6.07, 6.45) is 7.62. The van der Waals surface area contributed by atoms with E-state index in [1.165, 1.54) is 19.3 Å². The zero-order chi connectivity index (χ0) is 14.1. The Morgan fingerprint density at radius 1 is 1.30 bits per heavy atom. The normalized spacial score (nSPS) is 14.6. The molecule has 2 aromatic heterocycles. The molecular weight excluding hydrogens is 250 g/mol. The molecular formula is C15H21N5. The highest BCUT2D eigenvalue weighted by atomic mass is 15.3. The lowest BCUT2D eigenvalue weighted by Crippen LogP contribution is -2.21. The molecule has 0 bridgehead atoms. The highest BCUT2D eigenvalue weighted by Crippen LogP contribution is 2.32. The van der Waals surface area contributed by atoms with Gasteiger partial charge in [-0.1, -0.05) is 12.8 Å². The number of aryl methyl sites for hydroxylation is 2. The van der Waals surface area contributed by atoms with Crippen LogP contribution in [0.1, 0.15) is 30.7 Å². The first-order valence-electron chi connectivity index (χ1n) is 7.20. The van der Waals surface area contributed by atoms with Crippen LogP contribution in [0.5, 0.6) is 0 Å². The molecule has 0 unspecified atom stereocenters. The Labute approximate surface area is 119 Å². The molecule has 0 amide bonds. The summed E-state index contributed by atoms with van der Waals surface area (Å²) in [7, 11) is 2.08. The highest BCUT2D eigenvalue weighted by molar-refractivity contribution is 5.38. The van der Waals surface area contributed by atoms with E-state index in [1.807, 2.05) is 30.8 Å². The lowest BCUT2D eigenvalue weighted by atomic mass is 10.3. The lowest BCUT2D eigenvalue weighted by Gasteiger charge is -2.18. The van der Waals surface area contributed by atoms with Crippen LogP contribution in [0, 0.1) is 19.8 Å². The van der Waals surface area contributed by atoms with E-state index >= 15 is 0 Å². The quantitative estimate of drug-likeness (QED) is 0.838. The van der Waals surface area contributed by atoms with Crippen LogP contribution in [0.3, 0.4) is 0 Å². The first-order chi connectivity index (χ1) is 9.63. The average Bonchev–Trinajstić information content (AvgIpc) is 3.20. The Balaban J connectivity index is 1.79. The van der Waals surface area contributed by atoms with Gasteiger partial charge in [0.25, 0.3) is 0 Å². The van der Waals surface area contributed by atoms with Crippen LogP contribution in [-0.2, 0) is 0 Å². The summed E-state index contributed by atoms with van der Waals surface area (Å²) in [6.45, 7) is 5.06. The first kappa shape index (κ1) is 13.1. The van der Waals surface area contributed by atoms with Gasteiger partial charge in [-0.15, -0.1) is 0 Å². The molecule has 1 fully saturated rings. The summed E-state index contributed by atoms with van der Waals surface area (Å²) in [6, 6.07) is 2.05. The van der Waals surface area contributed by atoms with Gasteiger partial charge in [0.15, 0.2) is 5.82 Å². The zero-order valence-electron chi connectivity index (χ0n) is 12.4. The topological polar surface area (TPSA) is 46.8 Å². The van der Waals surface area contributed by atoms with Crippen LogP contribution < -0.4 is 4.90 Å². The Kier molecular flexibility index (Phi) is 3.42. The lowest BCUT2D eigenvalue weighted by molar-refractivity contribution is 0.702. The molecule has 1 saturated carbocycles. The van der Waals surface area contributed by atoms with E-state index in [9.17, 15) is 0 Å². The van der Waals surface area contributed by atoms with Gasteiger partial charge >= 0.3 is 0 Å². The van der Waals surface area contributed by atoms with Gasteiger partial charge in [-0.05, 0) is 32.3 Å². The molecule has 20 heavy (non-hydrogen) atoms. The fraction of sp³-hybridized carbons (Fsp3) is 0.533. The molecule has 5 heteroatoms. The third-order valence-electron chi connectivity index (χ3n) is 3.80. The van der Waals surface area contributed by atoms with E-state index in [1.54, 1.807) is 6.20 Å². The fourth-order valence-corrected chi connectivity index (χ4v) is 2.39. The molecule has 0 aliphatic heterocycles. The van der Waals surface area contributed by atoms with Crippen molar-refractivity contribution in [2.24, 2.45) is 5.92 Å². The van der Waals surface area contributed by atoms with Crippen LogP contribution >= 0.6 is 0 Å². The van der Waals surface area contributed by atoms with Crippen molar-refractivity contribution in [3.8, 4) is 5.82 Å². The molecule has 106 valence electrons. The van der Waals surface area contributed by atoms with Gasteiger partial charge < -0.3 is 4.90 Å². The van der Waals surface area contributed by atoms with Crippen molar-refractivity contribution in [1.29, 1.82) is 0 Å². The third-order valence-corrected chi connectivity index (χ3v) is 3.80. The molecule has 2 heterocycles. The summed E-state index contributed by atoms with van der Waals surface area (Å²) < 4.78 is 1.85. The number of nitrogens with zero attached hydrogens (tertiary/aromatic N) is 5. The molecule has 0 radical (unpaired) electrons. The van der Waals surface area contributed by atoms with E-state index in [2.05, 4.69) is 27.0 Å². The SMILES string of the molecule is Cc1cc(C)n(-c2cncc(N(C)CCC3CC3)n2)n1. The Morgan fingerprint density at radius 3 is 2.75 bits per heavy atom. The monoisotopic (exact) mass is 271 g/mol. The first-order valence-corrected chi connectivity index (χ1v) is 7.20. The second kappa shape index (κ2) is 5.23. The van der Waals surface area contributed by atoms with Crippen LogP contribution in [0.4, 0.5) is 5.82 Å². The van der Waals surface area contributed by atoms with Crippen molar-refractivity contribution < 1.29 is 0 Å². The molecule has 0 saturated heterocycles.